The molecule has 1 aromatic carbocycles. The van der Waals surface area contributed by atoms with Gasteiger partial charge in [-0.3, -0.25) is 10.1 Å². The number of aromatic nitrogens is 1. The Bertz CT molecular complexity index is 806. The molecule has 0 saturated heterocycles. The summed E-state index contributed by atoms with van der Waals surface area (Å²) in [6.45, 7) is 0.780. The number of nitro groups is 1. The quantitative estimate of drug-likeness (QED) is 0.682. The molecule has 22 heavy (non-hydrogen) atoms. The second-order valence-corrected chi connectivity index (χ2v) is 5.32. The number of rotatable bonds is 2. The summed E-state index contributed by atoms with van der Waals surface area (Å²) < 4.78 is 1.93. The molecule has 7 nitrogen and oxygen atoms in total. The Labute approximate surface area is 126 Å². The van der Waals surface area contributed by atoms with E-state index in [9.17, 15) is 14.9 Å². The number of carboxylic acid groups (broad SMARTS) is 1. The minimum Gasteiger partial charge on any atom is -0.465 e. The Hall–Kier alpha value is -2.83. The van der Waals surface area contributed by atoms with Crippen molar-refractivity contribution < 1.29 is 14.8 Å². The Balaban J connectivity index is 2.06. The summed E-state index contributed by atoms with van der Waals surface area (Å²) in [5, 5.41) is 20.8. The van der Waals surface area contributed by atoms with Gasteiger partial charge < -0.3 is 14.6 Å². The zero-order valence-electron chi connectivity index (χ0n) is 12.0. The van der Waals surface area contributed by atoms with Crippen molar-refractivity contribution in [2.24, 2.45) is 7.05 Å². The molecule has 114 valence electrons. The molecule has 0 atom stereocenters. The first-order valence-corrected chi connectivity index (χ1v) is 6.88. The maximum atomic E-state index is 11.0. The van der Waals surface area contributed by atoms with Crippen molar-refractivity contribution in [3.8, 4) is 0 Å². The van der Waals surface area contributed by atoms with Crippen molar-refractivity contribution in [1.29, 1.82) is 0 Å². The lowest BCUT2D eigenvalue weighted by atomic mass is 9.99. The fourth-order valence-electron chi connectivity index (χ4n) is 2.84. The van der Waals surface area contributed by atoms with Gasteiger partial charge in [0, 0.05) is 54.9 Å². The van der Waals surface area contributed by atoms with Crippen LogP contribution in [0, 0.1) is 10.1 Å². The van der Waals surface area contributed by atoms with Crippen LogP contribution >= 0.6 is 0 Å². The minimum absolute atomic E-state index is 0.0588. The first-order valence-electron chi connectivity index (χ1n) is 6.88. The zero-order chi connectivity index (χ0) is 15.9. The molecular formula is C15H15N3O4. The first-order chi connectivity index (χ1) is 10.5. The van der Waals surface area contributed by atoms with Crippen LogP contribution in [0.5, 0.6) is 0 Å². The van der Waals surface area contributed by atoms with Gasteiger partial charge in [-0.2, -0.15) is 0 Å². The molecule has 0 spiro atoms. The highest BCUT2D eigenvalue weighted by molar-refractivity contribution is 5.94. The predicted molar refractivity (Wildman–Crippen MR) is 81.8 cm³/mol. The largest absolute Gasteiger partial charge is 0.465 e. The van der Waals surface area contributed by atoms with Crippen LogP contribution in [0.2, 0.25) is 0 Å². The molecule has 1 aliphatic heterocycles. The molecule has 2 heterocycles. The number of aryl methyl sites for hydroxylation is 1. The molecule has 0 unspecified atom stereocenters. The van der Waals surface area contributed by atoms with Gasteiger partial charge in [0.2, 0.25) is 0 Å². The maximum Gasteiger partial charge on any atom is 0.407 e. The van der Waals surface area contributed by atoms with Gasteiger partial charge in [-0.25, -0.2) is 4.79 Å². The Morgan fingerprint density at radius 1 is 1.41 bits per heavy atom. The van der Waals surface area contributed by atoms with Crippen molar-refractivity contribution in [3.05, 3.63) is 46.1 Å². The average molecular weight is 301 g/mol. The van der Waals surface area contributed by atoms with E-state index in [1.54, 1.807) is 12.1 Å². The fraction of sp³-hybridized carbons (Fsp3) is 0.267. The second-order valence-electron chi connectivity index (χ2n) is 5.32. The van der Waals surface area contributed by atoms with Gasteiger partial charge in [-0.15, -0.1) is 0 Å². The number of carbonyl (C=O) groups is 1. The molecule has 2 aromatic rings. The van der Waals surface area contributed by atoms with Gasteiger partial charge in [0.15, 0.2) is 0 Å². The molecular weight excluding hydrogens is 286 g/mol. The lowest BCUT2D eigenvalue weighted by Gasteiger charge is -2.23. The second kappa shape index (κ2) is 5.18. The molecule has 3 rings (SSSR count). The standard InChI is InChI=1S/C15H15N3O4/c1-16-9-13(10-4-6-17(7-5-10)15(19)20)12-8-11(18(21)22)2-3-14(12)16/h2-4,8-9H,5-7H2,1H3,(H,19,20). The van der Waals surface area contributed by atoms with E-state index in [2.05, 4.69) is 0 Å². The van der Waals surface area contributed by atoms with E-state index in [1.165, 1.54) is 11.0 Å². The van der Waals surface area contributed by atoms with Gasteiger partial charge in [-0.05, 0) is 18.1 Å². The van der Waals surface area contributed by atoms with Gasteiger partial charge >= 0.3 is 6.09 Å². The number of hydrogen-bond donors (Lipinski definition) is 1. The van der Waals surface area contributed by atoms with Gasteiger partial charge in [0.1, 0.15) is 0 Å². The summed E-state index contributed by atoms with van der Waals surface area (Å²) in [5.41, 5.74) is 2.94. The Morgan fingerprint density at radius 2 is 2.18 bits per heavy atom. The molecule has 1 N–H and O–H groups in total. The highest BCUT2D eigenvalue weighted by Gasteiger charge is 2.20. The molecule has 0 bridgehead atoms. The molecule has 1 aliphatic rings. The van der Waals surface area contributed by atoms with Crippen molar-refractivity contribution in [2.75, 3.05) is 13.1 Å². The fourth-order valence-corrected chi connectivity index (χ4v) is 2.84. The third-order valence-electron chi connectivity index (χ3n) is 4.01. The number of non-ortho nitro benzene ring substituents is 1. The third-order valence-corrected chi connectivity index (χ3v) is 4.01. The van der Waals surface area contributed by atoms with Crippen LogP contribution in [-0.4, -0.2) is 38.7 Å². The highest BCUT2D eigenvalue weighted by atomic mass is 16.6. The molecule has 0 fully saturated rings. The van der Waals surface area contributed by atoms with Crippen molar-refractivity contribution in [1.82, 2.24) is 9.47 Å². The van der Waals surface area contributed by atoms with E-state index in [-0.39, 0.29) is 5.69 Å². The Kier molecular flexibility index (Phi) is 3.32. The molecule has 0 saturated carbocycles. The molecule has 1 aromatic heterocycles. The summed E-state index contributed by atoms with van der Waals surface area (Å²) in [6.07, 6.45) is 3.50. The van der Waals surface area contributed by atoms with Crippen molar-refractivity contribution in [2.45, 2.75) is 6.42 Å². The van der Waals surface area contributed by atoms with Crippen molar-refractivity contribution in [3.63, 3.8) is 0 Å². The lowest BCUT2D eigenvalue weighted by molar-refractivity contribution is -0.384. The van der Waals surface area contributed by atoms with Gasteiger partial charge in [0.05, 0.1) is 4.92 Å². The van der Waals surface area contributed by atoms with E-state index in [1.807, 2.05) is 23.9 Å². The van der Waals surface area contributed by atoms with Crippen LogP contribution < -0.4 is 0 Å². The van der Waals surface area contributed by atoms with E-state index < -0.39 is 11.0 Å². The van der Waals surface area contributed by atoms with Gasteiger partial charge in [-0.1, -0.05) is 6.08 Å². The SMILES string of the molecule is Cn1cc(C2=CCN(C(=O)O)CC2)c2cc([N+](=O)[O-])ccc21. The van der Waals surface area contributed by atoms with Crippen LogP contribution in [0.15, 0.2) is 30.5 Å². The smallest absolute Gasteiger partial charge is 0.407 e. The van der Waals surface area contributed by atoms with E-state index in [0.717, 1.165) is 22.0 Å². The predicted octanol–water partition coefficient (Wildman–Crippen LogP) is 2.85. The summed E-state index contributed by atoms with van der Waals surface area (Å²) in [6, 6.07) is 4.81. The number of hydrogen-bond acceptors (Lipinski definition) is 3. The number of fused-ring (bicyclic) bond motifs is 1. The maximum absolute atomic E-state index is 11.0. The number of nitro benzene ring substituents is 1. The van der Waals surface area contributed by atoms with Crippen LogP contribution in [0.4, 0.5) is 10.5 Å². The van der Waals surface area contributed by atoms with Crippen molar-refractivity contribution >= 4 is 28.3 Å². The topological polar surface area (TPSA) is 88.6 Å². The zero-order valence-corrected chi connectivity index (χ0v) is 12.0. The van der Waals surface area contributed by atoms with E-state index >= 15 is 0 Å². The lowest BCUT2D eigenvalue weighted by Crippen LogP contribution is -2.33. The summed E-state index contributed by atoms with van der Waals surface area (Å²) >= 11 is 0. The van der Waals surface area contributed by atoms with E-state index in [0.29, 0.717) is 19.5 Å². The monoisotopic (exact) mass is 301 g/mol. The molecule has 0 radical (unpaired) electrons. The van der Waals surface area contributed by atoms with Crippen LogP contribution in [-0.2, 0) is 7.05 Å². The Morgan fingerprint density at radius 3 is 2.77 bits per heavy atom. The molecule has 0 aliphatic carbocycles. The van der Waals surface area contributed by atoms with Gasteiger partial charge in [0.25, 0.3) is 5.69 Å². The summed E-state index contributed by atoms with van der Waals surface area (Å²) in [5.74, 6) is 0. The normalized spacial score (nSPS) is 15.0. The molecule has 7 heteroatoms. The molecule has 1 amide bonds. The van der Waals surface area contributed by atoms with E-state index in [4.69, 9.17) is 5.11 Å². The van der Waals surface area contributed by atoms with Crippen LogP contribution in [0.3, 0.4) is 0 Å². The number of nitrogens with zero attached hydrogens (tertiary/aromatic N) is 3. The number of benzene rings is 1. The minimum atomic E-state index is -0.927. The third kappa shape index (κ3) is 2.30. The van der Waals surface area contributed by atoms with Crippen LogP contribution in [0.25, 0.3) is 16.5 Å². The summed E-state index contributed by atoms with van der Waals surface area (Å²) in [4.78, 5) is 22.9. The average Bonchev–Trinajstić information content (AvgIpc) is 2.84. The summed E-state index contributed by atoms with van der Waals surface area (Å²) in [7, 11) is 1.89. The first kappa shape index (κ1) is 14.1. The highest BCUT2D eigenvalue weighted by Crippen LogP contribution is 2.32. The number of amides is 1. The van der Waals surface area contributed by atoms with Crippen LogP contribution in [0.1, 0.15) is 12.0 Å².